The molecule has 196 valence electrons. The first kappa shape index (κ1) is 26.4. The molecule has 4 aromatic rings. The largest absolute Gasteiger partial charge is 0.478 e. The van der Waals surface area contributed by atoms with Gasteiger partial charge in [-0.25, -0.2) is 9.59 Å². The molecule has 0 aliphatic carbocycles. The summed E-state index contributed by atoms with van der Waals surface area (Å²) >= 11 is 0. The van der Waals surface area contributed by atoms with E-state index < -0.39 is 18.0 Å². The number of carbonyl (C=O) groups is 4. The molecule has 0 radical (unpaired) electrons. The Morgan fingerprint density at radius 3 is 2.38 bits per heavy atom. The number of carbonyl (C=O) groups excluding carboxylic acids is 3. The Labute approximate surface area is 221 Å². The Bertz CT molecular complexity index is 1650. The number of rotatable bonds is 7. The van der Waals surface area contributed by atoms with E-state index in [4.69, 9.17) is 9.78 Å². The van der Waals surface area contributed by atoms with Gasteiger partial charge in [0.1, 0.15) is 0 Å². The summed E-state index contributed by atoms with van der Waals surface area (Å²) in [6, 6.07) is 15.5. The topological polar surface area (TPSA) is 184 Å². The van der Waals surface area contributed by atoms with Gasteiger partial charge in [-0.05, 0) is 42.0 Å². The summed E-state index contributed by atoms with van der Waals surface area (Å²) < 4.78 is 9.96. The molecule has 1 heterocycles. The number of nitriles is 1. The Hall–Kier alpha value is -5.70. The first-order valence-electron chi connectivity index (χ1n) is 11.5. The quantitative estimate of drug-likeness (QED) is 0.261. The third-order valence-corrected chi connectivity index (χ3v) is 5.68. The molecule has 12 nitrogen and oxygen atoms in total. The zero-order valence-electron chi connectivity index (χ0n) is 20.7. The number of carboxylic acid groups (broad SMARTS) is 1. The van der Waals surface area contributed by atoms with Crippen LogP contribution in [0.2, 0.25) is 0 Å². The summed E-state index contributed by atoms with van der Waals surface area (Å²) in [6.07, 6.45) is -0.409. The smallest absolute Gasteiger partial charge is 0.411 e. The second kappa shape index (κ2) is 11.1. The van der Waals surface area contributed by atoms with Gasteiger partial charge in [-0.3, -0.25) is 14.9 Å². The van der Waals surface area contributed by atoms with E-state index in [0.29, 0.717) is 27.9 Å². The summed E-state index contributed by atoms with van der Waals surface area (Å²) in [5.74, 6) is -2.31. The number of ether oxygens (including phenoxy) is 1. The van der Waals surface area contributed by atoms with Crippen LogP contribution in [0.4, 0.5) is 21.9 Å². The molecule has 0 aliphatic heterocycles. The number of amides is 3. The maximum Gasteiger partial charge on any atom is 0.411 e. The first-order valence-corrected chi connectivity index (χ1v) is 11.5. The Balaban J connectivity index is 1.75. The number of anilines is 3. The van der Waals surface area contributed by atoms with Crippen LogP contribution in [-0.4, -0.2) is 41.2 Å². The van der Waals surface area contributed by atoms with E-state index in [2.05, 4.69) is 25.8 Å². The molecule has 0 aliphatic rings. The molecule has 0 spiro atoms. The standard InChI is InChI=1S/C27H21N5O7/c1-3-23(33)30-21-12-22-19(11-17(21)15-5-7-16(8-6-15)29-27(37)38-2)24(32-39-22)25(34)31-20-9-4-14(13-28)10-18(20)26(35)36/h4-12H,3H2,1-2H3,(H,29,37)(H,30,33)(H,31,34)(H,35,36). The molecule has 0 unspecified atom stereocenters. The average Bonchev–Trinajstić information content (AvgIpc) is 3.36. The van der Waals surface area contributed by atoms with Crippen LogP contribution in [0.1, 0.15) is 39.8 Å². The molecule has 0 atom stereocenters. The lowest BCUT2D eigenvalue weighted by molar-refractivity contribution is -0.115. The minimum Gasteiger partial charge on any atom is -0.478 e. The van der Waals surface area contributed by atoms with Gasteiger partial charge in [0.25, 0.3) is 5.91 Å². The van der Waals surface area contributed by atoms with Crippen molar-refractivity contribution in [2.24, 2.45) is 0 Å². The number of fused-ring (bicyclic) bond motifs is 1. The van der Waals surface area contributed by atoms with Gasteiger partial charge in [0.05, 0.1) is 41.1 Å². The van der Waals surface area contributed by atoms with Gasteiger partial charge in [0, 0.05) is 23.7 Å². The summed E-state index contributed by atoms with van der Waals surface area (Å²) in [4.78, 5) is 48.5. The molecule has 39 heavy (non-hydrogen) atoms. The zero-order valence-corrected chi connectivity index (χ0v) is 20.7. The molecular weight excluding hydrogens is 506 g/mol. The molecule has 0 saturated heterocycles. The maximum absolute atomic E-state index is 13.1. The fourth-order valence-electron chi connectivity index (χ4n) is 3.71. The molecule has 3 aromatic carbocycles. The Morgan fingerprint density at radius 1 is 1.00 bits per heavy atom. The lowest BCUT2D eigenvalue weighted by atomic mass is 10.00. The van der Waals surface area contributed by atoms with Gasteiger partial charge in [-0.1, -0.05) is 24.2 Å². The molecule has 12 heteroatoms. The Kier molecular flexibility index (Phi) is 7.53. The van der Waals surface area contributed by atoms with Crippen molar-refractivity contribution in [2.75, 3.05) is 23.1 Å². The number of aromatic nitrogens is 1. The van der Waals surface area contributed by atoms with Crippen molar-refractivity contribution >= 4 is 51.9 Å². The lowest BCUT2D eigenvalue weighted by Gasteiger charge is -2.12. The van der Waals surface area contributed by atoms with Crippen LogP contribution < -0.4 is 16.0 Å². The zero-order chi connectivity index (χ0) is 28.1. The van der Waals surface area contributed by atoms with Gasteiger partial charge in [0.15, 0.2) is 11.3 Å². The minimum atomic E-state index is -1.32. The van der Waals surface area contributed by atoms with Gasteiger partial charge in [0.2, 0.25) is 5.91 Å². The van der Waals surface area contributed by atoms with Gasteiger partial charge >= 0.3 is 12.1 Å². The third-order valence-electron chi connectivity index (χ3n) is 5.68. The van der Waals surface area contributed by atoms with E-state index in [9.17, 15) is 24.3 Å². The van der Waals surface area contributed by atoms with Crippen molar-refractivity contribution in [3.8, 4) is 17.2 Å². The number of aromatic carboxylic acids is 1. The van der Waals surface area contributed by atoms with E-state index in [-0.39, 0.29) is 40.4 Å². The first-order chi connectivity index (χ1) is 18.7. The molecule has 0 saturated carbocycles. The monoisotopic (exact) mass is 527 g/mol. The molecule has 3 amide bonds. The van der Waals surface area contributed by atoms with Crippen molar-refractivity contribution in [3.63, 3.8) is 0 Å². The van der Waals surface area contributed by atoms with Gasteiger partial charge in [-0.2, -0.15) is 5.26 Å². The molecular formula is C27H21N5O7. The van der Waals surface area contributed by atoms with E-state index in [1.165, 1.54) is 25.3 Å². The average molecular weight is 527 g/mol. The van der Waals surface area contributed by atoms with Crippen LogP contribution in [0.5, 0.6) is 0 Å². The normalized spacial score (nSPS) is 10.4. The van der Waals surface area contributed by atoms with E-state index >= 15 is 0 Å². The molecule has 4 N–H and O–H groups in total. The van der Waals surface area contributed by atoms with E-state index in [0.717, 1.165) is 6.07 Å². The lowest BCUT2D eigenvalue weighted by Crippen LogP contribution is -2.15. The minimum absolute atomic E-state index is 0.0246. The SMILES string of the molecule is CCC(=O)Nc1cc2onc(C(=O)Nc3ccc(C#N)cc3C(=O)O)c2cc1-c1ccc(NC(=O)OC)cc1. The van der Waals surface area contributed by atoms with Crippen LogP contribution in [0, 0.1) is 11.3 Å². The van der Waals surface area contributed by atoms with Crippen LogP contribution >= 0.6 is 0 Å². The van der Waals surface area contributed by atoms with Crippen molar-refractivity contribution < 1.29 is 33.5 Å². The highest BCUT2D eigenvalue weighted by atomic mass is 16.5. The second-order valence-corrected chi connectivity index (χ2v) is 8.15. The molecule has 0 bridgehead atoms. The van der Waals surface area contributed by atoms with Crippen LogP contribution in [0.15, 0.2) is 59.1 Å². The van der Waals surface area contributed by atoms with E-state index in [1.807, 2.05) is 6.07 Å². The van der Waals surface area contributed by atoms with Gasteiger partial charge < -0.3 is 25.0 Å². The summed E-state index contributed by atoms with van der Waals surface area (Å²) in [5.41, 5.74) is 1.99. The number of nitrogens with zero attached hydrogens (tertiary/aromatic N) is 2. The third kappa shape index (κ3) is 5.67. The fraction of sp³-hybridized carbons (Fsp3) is 0.111. The number of nitrogens with one attached hydrogen (secondary N) is 3. The van der Waals surface area contributed by atoms with Crippen molar-refractivity contribution in [1.82, 2.24) is 5.16 Å². The van der Waals surface area contributed by atoms with E-state index in [1.54, 1.807) is 37.3 Å². The number of methoxy groups -OCH3 is 1. The second-order valence-electron chi connectivity index (χ2n) is 8.15. The highest BCUT2D eigenvalue weighted by Crippen LogP contribution is 2.35. The number of carboxylic acids is 1. The van der Waals surface area contributed by atoms with Crippen LogP contribution in [0.3, 0.4) is 0 Å². The van der Waals surface area contributed by atoms with Gasteiger partial charge in [-0.15, -0.1) is 0 Å². The number of hydrogen-bond donors (Lipinski definition) is 4. The highest BCUT2D eigenvalue weighted by molar-refractivity contribution is 6.14. The molecule has 4 rings (SSSR count). The fourth-order valence-corrected chi connectivity index (χ4v) is 3.71. The summed E-state index contributed by atoms with van der Waals surface area (Å²) in [5, 5.41) is 30.6. The van der Waals surface area contributed by atoms with Crippen LogP contribution in [0.25, 0.3) is 22.1 Å². The number of hydrogen-bond acceptors (Lipinski definition) is 8. The highest BCUT2D eigenvalue weighted by Gasteiger charge is 2.22. The summed E-state index contributed by atoms with van der Waals surface area (Å²) in [6.45, 7) is 1.70. The predicted molar refractivity (Wildman–Crippen MR) is 140 cm³/mol. The summed E-state index contributed by atoms with van der Waals surface area (Å²) in [7, 11) is 1.25. The van der Waals surface area contributed by atoms with Crippen molar-refractivity contribution in [3.05, 3.63) is 71.4 Å². The predicted octanol–water partition coefficient (Wildman–Crippen LogP) is 4.84. The van der Waals surface area contributed by atoms with Crippen molar-refractivity contribution in [1.29, 1.82) is 5.26 Å². The number of benzene rings is 3. The van der Waals surface area contributed by atoms with Crippen LogP contribution in [-0.2, 0) is 9.53 Å². The molecule has 1 aromatic heterocycles. The Morgan fingerprint density at radius 2 is 1.74 bits per heavy atom. The van der Waals surface area contributed by atoms with Crippen molar-refractivity contribution in [2.45, 2.75) is 13.3 Å². The maximum atomic E-state index is 13.1. The molecule has 0 fully saturated rings.